The van der Waals surface area contributed by atoms with E-state index >= 15 is 0 Å². The molecule has 3 aliphatic rings. The zero-order valence-corrected chi connectivity index (χ0v) is 49.2. The lowest BCUT2D eigenvalue weighted by Gasteiger charge is -2.47. The molecule has 4 heterocycles. The van der Waals surface area contributed by atoms with Gasteiger partial charge in [-0.05, 0) is 143 Å². The molecule has 0 atom stereocenters. The van der Waals surface area contributed by atoms with E-state index in [4.69, 9.17) is 4.98 Å². The molecule has 0 unspecified atom stereocenters. The molecule has 12 rings (SSSR count). The Hall–Kier alpha value is -6.76. The molecule has 6 heteroatoms. The fourth-order valence-electron chi connectivity index (χ4n) is 12.4. The summed E-state index contributed by atoms with van der Waals surface area (Å²) in [6, 6.07) is 58.8. The highest BCUT2D eigenvalue weighted by Gasteiger charge is 2.47. The number of rotatable bonds is 6. The summed E-state index contributed by atoms with van der Waals surface area (Å²) in [5.74, 6) is 1.52. The Morgan fingerprint density at radius 3 is 1.60 bits per heavy atom. The van der Waals surface area contributed by atoms with Crippen LogP contribution in [-0.2, 0) is 21.7 Å². The summed E-state index contributed by atoms with van der Waals surface area (Å²) in [6.07, 6.45) is 0. The van der Waals surface area contributed by atoms with Crippen LogP contribution in [0.3, 0.4) is 0 Å². The number of hydrogen-bond donors (Lipinski definition) is 0. The second kappa shape index (κ2) is 17.9. The second-order valence-electron chi connectivity index (χ2n) is 27.0. The van der Waals surface area contributed by atoms with Crippen molar-refractivity contribution in [3.63, 3.8) is 0 Å². The highest BCUT2D eigenvalue weighted by molar-refractivity contribution is 7.99. The lowest BCUT2D eigenvalue weighted by Crippen LogP contribution is -2.62. The number of benzene rings is 8. The zero-order valence-electron chi connectivity index (χ0n) is 48.4. The summed E-state index contributed by atoms with van der Waals surface area (Å²) in [7, 11) is 0. The number of nitrogens with zero attached hydrogens (tertiary/aromatic N) is 4. The van der Waals surface area contributed by atoms with Crippen molar-refractivity contribution in [2.75, 3.05) is 9.80 Å². The summed E-state index contributed by atoms with van der Waals surface area (Å²) >= 11 is 1.96. The average Bonchev–Trinajstić information content (AvgIpc) is 3.88. The van der Waals surface area contributed by atoms with Gasteiger partial charge in [0.2, 0.25) is 0 Å². The third-order valence-corrected chi connectivity index (χ3v) is 17.8. The molecular weight excluding hydrogens is 952 g/mol. The molecule has 0 aliphatic carbocycles. The van der Waals surface area contributed by atoms with Crippen LogP contribution in [0.4, 0.5) is 34.1 Å². The Balaban J connectivity index is 1.25. The predicted octanol–water partition coefficient (Wildman–Crippen LogP) is 18.3. The van der Waals surface area contributed by atoms with Crippen LogP contribution in [-0.4, -0.2) is 16.3 Å². The minimum absolute atomic E-state index is 0.00663. The van der Waals surface area contributed by atoms with Gasteiger partial charge >= 0.3 is 0 Å². The molecule has 388 valence electrons. The lowest BCUT2D eigenvalue weighted by atomic mass is 9.33. The number of hydrogen-bond acceptors (Lipinski definition) is 4. The van der Waals surface area contributed by atoms with Crippen molar-refractivity contribution in [1.82, 2.24) is 9.55 Å². The Bertz CT molecular complexity index is 3810. The van der Waals surface area contributed by atoms with Crippen molar-refractivity contribution in [2.24, 2.45) is 0 Å². The maximum atomic E-state index is 5.65. The molecule has 0 saturated heterocycles. The summed E-state index contributed by atoms with van der Waals surface area (Å²) in [5, 5.41) is 0. The maximum absolute atomic E-state index is 5.65. The first-order valence-electron chi connectivity index (χ1n) is 28.1. The molecule has 0 radical (unpaired) electrons. The van der Waals surface area contributed by atoms with E-state index in [1.165, 1.54) is 93.7 Å². The summed E-state index contributed by atoms with van der Waals surface area (Å²) in [5.41, 5.74) is 26.0. The van der Waals surface area contributed by atoms with Crippen LogP contribution < -0.4 is 26.2 Å². The molecule has 0 bridgehead atoms. The molecular formula is C71H75BN4S. The van der Waals surface area contributed by atoms with Gasteiger partial charge in [0.25, 0.3) is 6.71 Å². The Labute approximate surface area is 464 Å². The van der Waals surface area contributed by atoms with Gasteiger partial charge in [-0.15, -0.1) is 0 Å². The van der Waals surface area contributed by atoms with Crippen molar-refractivity contribution in [2.45, 2.75) is 154 Å². The standard InChI is InChI=1S/C71H75BN4S/c1-42(2)51-24-20-25-52(43(3)4)64(51)76-65-53(26-21-27-56(65)73-67(76)44-22-18-17-19-23-44)45-36-59-63-60(37-45)75-58-35-31-48(70(11,12)13)40-61(58)77-62-41-49(71(14,15)16)39-55(66(62)75)72(63)54-38-47(69(8,9)10)30-34-57(54)74(59)50-32-28-46(29-33-50)68(5,6)7/h17-43H,1-16H3. The minimum atomic E-state index is -0.0765. The monoisotopic (exact) mass is 1030 g/mol. The van der Waals surface area contributed by atoms with Gasteiger partial charge in [-0.25, -0.2) is 4.98 Å². The molecule has 0 fully saturated rings. The van der Waals surface area contributed by atoms with Crippen molar-refractivity contribution in [1.29, 1.82) is 0 Å². The lowest BCUT2D eigenvalue weighted by molar-refractivity contribution is 0.588. The van der Waals surface area contributed by atoms with Crippen molar-refractivity contribution >= 4 is 80.0 Å². The van der Waals surface area contributed by atoms with Crippen LogP contribution in [0.1, 0.15) is 156 Å². The number of anilines is 6. The number of imidazole rings is 1. The fourth-order valence-corrected chi connectivity index (χ4v) is 13.5. The van der Waals surface area contributed by atoms with E-state index in [1.807, 2.05) is 11.8 Å². The fraction of sp³-hybridized carbons (Fsp3) is 0.310. The molecule has 0 amide bonds. The van der Waals surface area contributed by atoms with Crippen LogP contribution in [0.2, 0.25) is 0 Å². The molecule has 4 nitrogen and oxygen atoms in total. The zero-order chi connectivity index (χ0) is 54.4. The van der Waals surface area contributed by atoms with E-state index in [1.54, 1.807) is 0 Å². The van der Waals surface area contributed by atoms with Crippen LogP contribution in [0.5, 0.6) is 0 Å². The first kappa shape index (κ1) is 51.0. The Morgan fingerprint density at radius 2 is 0.987 bits per heavy atom. The van der Waals surface area contributed by atoms with Gasteiger partial charge in [-0.1, -0.05) is 220 Å². The first-order valence-corrected chi connectivity index (χ1v) is 28.9. The maximum Gasteiger partial charge on any atom is 0.252 e. The molecule has 1 aromatic heterocycles. The predicted molar refractivity (Wildman–Crippen MR) is 333 cm³/mol. The molecule has 77 heavy (non-hydrogen) atoms. The van der Waals surface area contributed by atoms with E-state index in [-0.39, 0.29) is 40.2 Å². The quantitative estimate of drug-likeness (QED) is 0.155. The van der Waals surface area contributed by atoms with E-state index < -0.39 is 0 Å². The minimum Gasteiger partial charge on any atom is -0.311 e. The van der Waals surface area contributed by atoms with Gasteiger partial charge in [0, 0.05) is 43.7 Å². The molecule has 0 saturated carbocycles. The Morgan fingerprint density at radius 1 is 0.442 bits per heavy atom. The summed E-state index contributed by atoms with van der Waals surface area (Å²) in [4.78, 5) is 13.5. The van der Waals surface area contributed by atoms with Crippen molar-refractivity contribution < 1.29 is 0 Å². The number of aromatic nitrogens is 2. The largest absolute Gasteiger partial charge is 0.311 e. The third-order valence-electron chi connectivity index (χ3n) is 16.7. The number of para-hydroxylation sites is 2. The van der Waals surface area contributed by atoms with Crippen LogP contribution in [0, 0.1) is 0 Å². The van der Waals surface area contributed by atoms with E-state index in [0.717, 1.165) is 39.2 Å². The second-order valence-corrected chi connectivity index (χ2v) is 28.0. The normalized spacial score (nSPS) is 14.1. The molecule has 0 N–H and O–H groups in total. The summed E-state index contributed by atoms with van der Waals surface area (Å²) in [6.45, 7) is 37.4. The number of fused-ring (bicyclic) bond motifs is 7. The average molecular weight is 1030 g/mol. The van der Waals surface area contributed by atoms with Gasteiger partial charge < -0.3 is 9.80 Å². The first-order chi connectivity index (χ1) is 36.4. The van der Waals surface area contributed by atoms with E-state index in [9.17, 15) is 0 Å². The van der Waals surface area contributed by atoms with Gasteiger partial charge in [0.1, 0.15) is 5.82 Å². The Kier molecular flexibility index (Phi) is 11.9. The van der Waals surface area contributed by atoms with Gasteiger partial charge in [0.05, 0.1) is 28.1 Å². The van der Waals surface area contributed by atoms with Crippen LogP contribution in [0.25, 0.3) is 39.2 Å². The highest BCUT2D eigenvalue weighted by Crippen LogP contribution is 2.56. The molecule has 0 spiro atoms. The van der Waals surface area contributed by atoms with Gasteiger partial charge in [-0.3, -0.25) is 4.57 Å². The van der Waals surface area contributed by atoms with Gasteiger partial charge in [0.15, 0.2) is 0 Å². The van der Waals surface area contributed by atoms with E-state index in [0.29, 0.717) is 0 Å². The SMILES string of the molecule is CC(C)c1cccc(C(C)C)c1-n1c(-c2ccccc2)nc2cccc(-c3cc4c5c(c3)N3c6ccc(C(C)(C)C)cc6Sc6cc(C(C)(C)C)cc(c63)B5c3cc(C(C)(C)C)ccc3N4c3ccc(C(C)(C)C)cc3)c21. The summed E-state index contributed by atoms with van der Waals surface area (Å²) < 4.78 is 2.53. The van der Waals surface area contributed by atoms with Crippen molar-refractivity contribution in [3.8, 4) is 28.2 Å². The molecule has 3 aliphatic heterocycles. The molecule has 8 aromatic carbocycles. The van der Waals surface area contributed by atoms with E-state index in [2.05, 4.69) is 277 Å². The van der Waals surface area contributed by atoms with Crippen LogP contribution in [0.15, 0.2) is 161 Å². The van der Waals surface area contributed by atoms with Gasteiger partial charge in [-0.2, -0.15) is 0 Å². The smallest absolute Gasteiger partial charge is 0.252 e. The van der Waals surface area contributed by atoms with Crippen molar-refractivity contribution in [3.05, 3.63) is 185 Å². The topological polar surface area (TPSA) is 24.3 Å². The highest BCUT2D eigenvalue weighted by atomic mass is 32.2. The van der Waals surface area contributed by atoms with Crippen LogP contribution >= 0.6 is 11.8 Å². The molecule has 9 aromatic rings. The third kappa shape index (κ3) is 8.38.